The number of aromatic amines is 1. The minimum Gasteiger partial charge on any atom is -0.335 e. The zero-order valence-corrected chi connectivity index (χ0v) is 11.0. The summed E-state index contributed by atoms with van der Waals surface area (Å²) in [6.07, 6.45) is 3.63. The molecule has 20 heavy (non-hydrogen) atoms. The summed E-state index contributed by atoms with van der Waals surface area (Å²) in [6.45, 7) is 2.02. The van der Waals surface area contributed by atoms with Gasteiger partial charge in [0.25, 0.3) is 0 Å². The zero-order chi connectivity index (χ0) is 13.5. The van der Waals surface area contributed by atoms with E-state index >= 15 is 0 Å². The molecule has 0 fully saturated rings. The van der Waals surface area contributed by atoms with Crippen LogP contribution in [-0.2, 0) is 0 Å². The van der Waals surface area contributed by atoms with Gasteiger partial charge < -0.3 is 4.98 Å². The quantitative estimate of drug-likeness (QED) is 0.570. The summed E-state index contributed by atoms with van der Waals surface area (Å²) in [7, 11) is 0. The standard InChI is InChI=1S/C16H12N4/c1-10-8-13-15(18-9-10)20-16(19-13)14-12-5-3-2-4-11(12)6-7-17-14/h2-9H,1H3,(H,18,19,20). The molecule has 0 atom stereocenters. The second-order valence-corrected chi connectivity index (χ2v) is 4.85. The maximum Gasteiger partial charge on any atom is 0.178 e. The van der Waals surface area contributed by atoms with Crippen molar-refractivity contribution in [1.82, 2.24) is 19.9 Å². The molecule has 0 saturated heterocycles. The second-order valence-electron chi connectivity index (χ2n) is 4.85. The Morgan fingerprint density at radius 3 is 2.90 bits per heavy atom. The van der Waals surface area contributed by atoms with Crippen LogP contribution in [0.5, 0.6) is 0 Å². The molecule has 4 aromatic rings. The highest BCUT2D eigenvalue weighted by Crippen LogP contribution is 2.25. The third-order valence-corrected chi connectivity index (χ3v) is 3.37. The molecule has 1 N–H and O–H groups in total. The summed E-state index contributed by atoms with van der Waals surface area (Å²) in [5.74, 6) is 0.759. The van der Waals surface area contributed by atoms with Crippen molar-refractivity contribution in [3.8, 4) is 11.5 Å². The number of rotatable bonds is 1. The Bertz CT molecular complexity index is 919. The van der Waals surface area contributed by atoms with Crippen molar-refractivity contribution in [3.63, 3.8) is 0 Å². The van der Waals surface area contributed by atoms with E-state index in [9.17, 15) is 0 Å². The number of hydrogen-bond donors (Lipinski definition) is 1. The first-order valence-electron chi connectivity index (χ1n) is 6.48. The largest absolute Gasteiger partial charge is 0.335 e. The van der Waals surface area contributed by atoms with Gasteiger partial charge in [0, 0.05) is 17.8 Å². The molecule has 0 aliphatic heterocycles. The van der Waals surface area contributed by atoms with Crippen molar-refractivity contribution in [1.29, 1.82) is 0 Å². The lowest BCUT2D eigenvalue weighted by Gasteiger charge is -2.01. The molecule has 0 aliphatic rings. The molecule has 4 rings (SSSR count). The highest BCUT2D eigenvalue weighted by molar-refractivity contribution is 5.94. The lowest BCUT2D eigenvalue weighted by Crippen LogP contribution is -1.87. The van der Waals surface area contributed by atoms with Crippen LogP contribution in [0.25, 0.3) is 33.5 Å². The molecule has 0 radical (unpaired) electrons. The molecule has 96 valence electrons. The van der Waals surface area contributed by atoms with Crippen LogP contribution < -0.4 is 0 Å². The predicted octanol–water partition coefficient (Wildman–Crippen LogP) is 3.48. The number of aromatic nitrogens is 4. The molecule has 3 heterocycles. The van der Waals surface area contributed by atoms with Crippen LogP contribution in [0, 0.1) is 6.92 Å². The van der Waals surface area contributed by atoms with Crippen LogP contribution in [0.1, 0.15) is 5.56 Å². The van der Waals surface area contributed by atoms with E-state index in [1.165, 1.54) is 0 Å². The first-order valence-corrected chi connectivity index (χ1v) is 6.48. The van der Waals surface area contributed by atoms with Crippen LogP contribution >= 0.6 is 0 Å². The van der Waals surface area contributed by atoms with Crippen molar-refractivity contribution >= 4 is 21.9 Å². The van der Waals surface area contributed by atoms with E-state index in [1.807, 2.05) is 43.6 Å². The van der Waals surface area contributed by atoms with Crippen molar-refractivity contribution in [2.24, 2.45) is 0 Å². The van der Waals surface area contributed by atoms with Crippen LogP contribution in [0.2, 0.25) is 0 Å². The molecule has 1 aromatic carbocycles. The van der Waals surface area contributed by atoms with Crippen LogP contribution in [0.15, 0.2) is 48.8 Å². The monoisotopic (exact) mass is 260 g/mol. The molecule has 4 heteroatoms. The fourth-order valence-corrected chi connectivity index (χ4v) is 2.42. The van der Waals surface area contributed by atoms with Gasteiger partial charge in [-0.05, 0) is 30.0 Å². The van der Waals surface area contributed by atoms with E-state index in [2.05, 4.69) is 32.1 Å². The first kappa shape index (κ1) is 11.1. The summed E-state index contributed by atoms with van der Waals surface area (Å²) in [5, 5.41) is 2.24. The average molecular weight is 260 g/mol. The van der Waals surface area contributed by atoms with Crippen LogP contribution in [-0.4, -0.2) is 19.9 Å². The number of imidazole rings is 1. The van der Waals surface area contributed by atoms with Crippen molar-refractivity contribution in [3.05, 3.63) is 54.4 Å². The van der Waals surface area contributed by atoms with Gasteiger partial charge in [-0.1, -0.05) is 24.3 Å². The van der Waals surface area contributed by atoms with Gasteiger partial charge in [-0.2, -0.15) is 0 Å². The van der Waals surface area contributed by atoms with Crippen molar-refractivity contribution < 1.29 is 0 Å². The van der Waals surface area contributed by atoms with Gasteiger partial charge in [-0.3, -0.25) is 4.98 Å². The van der Waals surface area contributed by atoms with Crippen LogP contribution in [0.3, 0.4) is 0 Å². The lowest BCUT2D eigenvalue weighted by atomic mass is 10.1. The number of H-pyrrole nitrogens is 1. The molecule has 3 aromatic heterocycles. The number of pyridine rings is 2. The summed E-state index contributed by atoms with van der Waals surface area (Å²) in [6, 6.07) is 12.2. The maximum absolute atomic E-state index is 4.55. The Labute approximate surface area is 115 Å². The fraction of sp³-hybridized carbons (Fsp3) is 0.0625. The summed E-state index contributed by atoms with van der Waals surface area (Å²) in [5.41, 5.74) is 3.63. The fourth-order valence-electron chi connectivity index (χ4n) is 2.42. The van der Waals surface area contributed by atoms with Gasteiger partial charge in [0.1, 0.15) is 5.69 Å². The van der Waals surface area contributed by atoms with E-state index in [0.29, 0.717) is 0 Å². The number of nitrogens with one attached hydrogen (secondary N) is 1. The normalized spacial score (nSPS) is 11.2. The second kappa shape index (κ2) is 4.13. The number of benzene rings is 1. The third-order valence-electron chi connectivity index (χ3n) is 3.37. The van der Waals surface area contributed by atoms with E-state index in [4.69, 9.17) is 0 Å². The minimum absolute atomic E-state index is 0.723. The average Bonchev–Trinajstić information content (AvgIpc) is 2.89. The Balaban J connectivity index is 2.01. The van der Waals surface area contributed by atoms with E-state index in [1.54, 1.807) is 0 Å². The molecule has 0 bridgehead atoms. The molecule has 0 unspecified atom stereocenters. The lowest BCUT2D eigenvalue weighted by molar-refractivity contribution is 1.24. The minimum atomic E-state index is 0.723. The molecule has 0 spiro atoms. The number of hydrogen-bond acceptors (Lipinski definition) is 3. The molecule has 4 nitrogen and oxygen atoms in total. The Hall–Kier alpha value is -2.75. The zero-order valence-electron chi connectivity index (χ0n) is 11.0. The van der Waals surface area contributed by atoms with Gasteiger partial charge in [0.15, 0.2) is 11.5 Å². The van der Waals surface area contributed by atoms with E-state index < -0.39 is 0 Å². The highest BCUT2D eigenvalue weighted by Gasteiger charge is 2.10. The van der Waals surface area contributed by atoms with E-state index in [-0.39, 0.29) is 0 Å². The Kier molecular flexibility index (Phi) is 2.29. The number of nitrogens with zero attached hydrogens (tertiary/aromatic N) is 3. The third kappa shape index (κ3) is 1.66. The summed E-state index contributed by atoms with van der Waals surface area (Å²) < 4.78 is 0. The van der Waals surface area contributed by atoms with Gasteiger partial charge in [-0.25, -0.2) is 9.97 Å². The summed E-state index contributed by atoms with van der Waals surface area (Å²) in [4.78, 5) is 16.7. The maximum atomic E-state index is 4.55. The predicted molar refractivity (Wildman–Crippen MR) is 79.4 cm³/mol. The molecule has 0 amide bonds. The van der Waals surface area contributed by atoms with Gasteiger partial charge in [0.2, 0.25) is 0 Å². The Morgan fingerprint density at radius 1 is 1.05 bits per heavy atom. The van der Waals surface area contributed by atoms with Gasteiger partial charge >= 0.3 is 0 Å². The molecular formula is C16H12N4. The topological polar surface area (TPSA) is 54.5 Å². The molecule has 0 aliphatic carbocycles. The van der Waals surface area contributed by atoms with Crippen LogP contribution in [0.4, 0.5) is 0 Å². The SMILES string of the molecule is Cc1cnc2nc(-c3nccc4ccccc34)[nH]c2c1. The summed E-state index contributed by atoms with van der Waals surface area (Å²) >= 11 is 0. The molecule has 0 saturated carbocycles. The van der Waals surface area contributed by atoms with E-state index in [0.717, 1.165) is 39.0 Å². The number of aryl methyl sites for hydroxylation is 1. The number of fused-ring (bicyclic) bond motifs is 2. The first-order chi connectivity index (χ1) is 9.81. The van der Waals surface area contributed by atoms with Crippen molar-refractivity contribution in [2.45, 2.75) is 6.92 Å². The van der Waals surface area contributed by atoms with Gasteiger partial charge in [-0.15, -0.1) is 0 Å². The Morgan fingerprint density at radius 2 is 1.95 bits per heavy atom. The molecular weight excluding hydrogens is 248 g/mol. The smallest absolute Gasteiger partial charge is 0.178 e. The van der Waals surface area contributed by atoms with Gasteiger partial charge in [0.05, 0.1) is 5.52 Å². The van der Waals surface area contributed by atoms with Crippen molar-refractivity contribution in [2.75, 3.05) is 0 Å². The highest BCUT2D eigenvalue weighted by atomic mass is 15.0.